The van der Waals surface area contributed by atoms with Gasteiger partial charge < -0.3 is 5.32 Å². The van der Waals surface area contributed by atoms with Crippen LogP contribution in [-0.2, 0) is 16.6 Å². The summed E-state index contributed by atoms with van der Waals surface area (Å²) in [7, 11) is -3.79. The highest BCUT2D eigenvalue weighted by atomic mass is 32.2. The lowest BCUT2D eigenvalue weighted by Gasteiger charge is -2.01. The van der Waals surface area contributed by atoms with Gasteiger partial charge in [0.05, 0.1) is 10.4 Å². The Kier molecular flexibility index (Phi) is 4.88. The maximum absolute atomic E-state index is 12.2. The average Bonchev–Trinajstić information content (AvgIpc) is 3.06. The van der Waals surface area contributed by atoms with Gasteiger partial charge in [0, 0.05) is 30.2 Å². The molecule has 0 saturated carbocycles. The number of aromatic nitrogens is 1. The Hall–Kier alpha value is -1.56. The predicted octanol–water partition coefficient (Wildman–Crippen LogP) is 2.02. The van der Waals surface area contributed by atoms with Crippen LogP contribution in [0.25, 0.3) is 0 Å². The van der Waals surface area contributed by atoms with E-state index in [1.165, 1.54) is 11.3 Å². The number of sulfonamides is 1. The van der Waals surface area contributed by atoms with E-state index in [2.05, 4.69) is 15.0 Å². The normalized spacial score (nSPS) is 11.5. The van der Waals surface area contributed by atoms with E-state index < -0.39 is 14.9 Å². The van der Waals surface area contributed by atoms with Crippen LogP contribution in [0.15, 0.2) is 22.0 Å². The molecule has 11 heteroatoms. The number of thiophene rings is 1. The lowest BCUT2D eigenvalue weighted by Crippen LogP contribution is -2.21. The van der Waals surface area contributed by atoms with E-state index in [0.29, 0.717) is 6.54 Å². The van der Waals surface area contributed by atoms with Crippen molar-refractivity contribution in [2.45, 2.75) is 17.7 Å². The fourth-order valence-corrected chi connectivity index (χ4v) is 4.55. The Labute approximate surface area is 129 Å². The van der Waals surface area contributed by atoms with Crippen LogP contribution in [0, 0.1) is 10.1 Å². The van der Waals surface area contributed by atoms with Crippen LogP contribution in [-0.4, -0.2) is 24.9 Å². The molecule has 0 spiro atoms. The van der Waals surface area contributed by atoms with Crippen molar-refractivity contribution in [3.63, 3.8) is 0 Å². The molecule has 0 atom stereocenters. The summed E-state index contributed by atoms with van der Waals surface area (Å²) in [6, 6.07) is 1.07. The van der Waals surface area contributed by atoms with E-state index in [4.69, 9.17) is 0 Å². The smallest absolute Gasteiger partial charge is 0.304 e. The quantitative estimate of drug-likeness (QED) is 0.584. The molecule has 0 bridgehead atoms. The summed E-state index contributed by atoms with van der Waals surface area (Å²) in [5.74, 6) is 0. The number of nitro groups is 1. The summed E-state index contributed by atoms with van der Waals surface area (Å²) < 4.78 is 26.6. The van der Waals surface area contributed by atoms with Gasteiger partial charge in [0.2, 0.25) is 0 Å². The average molecular weight is 348 g/mol. The second-order valence-electron chi connectivity index (χ2n) is 3.86. The minimum atomic E-state index is -3.79. The number of anilines is 1. The topological polar surface area (TPSA) is 114 Å². The molecule has 21 heavy (non-hydrogen) atoms. The van der Waals surface area contributed by atoms with Crippen LogP contribution < -0.4 is 10.0 Å². The van der Waals surface area contributed by atoms with Gasteiger partial charge in [0.15, 0.2) is 5.00 Å². The second-order valence-corrected chi connectivity index (χ2v) is 7.88. The molecule has 0 aliphatic heterocycles. The summed E-state index contributed by atoms with van der Waals surface area (Å²) in [6.07, 6.45) is 1.56. The van der Waals surface area contributed by atoms with Crippen LogP contribution >= 0.6 is 22.7 Å². The molecule has 114 valence electrons. The number of hydrogen-bond acceptors (Lipinski definition) is 8. The first-order valence-electron chi connectivity index (χ1n) is 5.83. The van der Waals surface area contributed by atoms with Gasteiger partial charge in [-0.15, -0.1) is 11.3 Å². The van der Waals surface area contributed by atoms with Gasteiger partial charge >= 0.3 is 5.69 Å². The van der Waals surface area contributed by atoms with Crippen molar-refractivity contribution in [2.75, 3.05) is 11.9 Å². The summed E-state index contributed by atoms with van der Waals surface area (Å²) in [4.78, 5) is 14.9. The van der Waals surface area contributed by atoms with Gasteiger partial charge in [0.1, 0.15) is 4.21 Å². The standard InChI is InChI=1S/C10H12N4O4S3/c1-2-12-10-8(14(15)16)3-9(20-10)21(17,18)13-5-7-4-11-6-19-7/h3-4,6,12-13H,2,5H2,1H3. The minimum absolute atomic E-state index is 0.0883. The number of thiazole rings is 1. The number of rotatable bonds is 7. The summed E-state index contributed by atoms with van der Waals surface area (Å²) in [5, 5.41) is 14.0. The fourth-order valence-electron chi connectivity index (χ4n) is 1.48. The molecule has 0 amide bonds. The molecule has 0 aliphatic rings. The minimum Gasteiger partial charge on any atom is -0.372 e. The summed E-state index contributed by atoms with van der Waals surface area (Å²) in [6.45, 7) is 2.35. The van der Waals surface area contributed by atoms with E-state index in [0.717, 1.165) is 22.3 Å². The fraction of sp³-hybridized carbons (Fsp3) is 0.300. The van der Waals surface area contributed by atoms with Gasteiger partial charge in [-0.25, -0.2) is 13.1 Å². The first-order valence-corrected chi connectivity index (χ1v) is 9.01. The van der Waals surface area contributed by atoms with Crippen molar-refractivity contribution in [3.8, 4) is 0 Å². The van der Waals surface area contributed by atoms with Crippen molar-refractivity contribution >= 4 is 43.4 Å². The molecule has 0 fully saturated rings. The Morgan fingerprint density at radius 1 is 1.48 bits per heavy atom. The van der Waals surface area contributed by atoms with Crippen LogP contribution in [0.4, 0.5) is 10.7 Å². The molecular formula is C10H12N4O4S3. The molecule has 0 aromatic carbocycles. The number of nitrogens with zero attached hydrogens (tertiary/aromatic N) is 2. The SMILES string of the molecule is CCNc1sc(S(=O)(=O)NCc2cncs2)cc1[N+](=O)[O-]. The Morgan fingerprint density at radius 3 is 2.81 bits per heavy atom. The first kappa shape index (κ1) is 15.8. The van der Waals surface area contributed by atoms with Crippen molar-refractivity contribution in [3.05, 3.63) is 32.8 Å². The van der Waals surface area contributed by atoms with Crippen LogP contribution in [0.2, 0.25) is 0 Å². The third-order valence-electron chi connectivity index (χ3n) is 2.41. The second kappa shape index (κ2) is 6.47. The Bertz CT molecular complexity index is 724. The molecule has 0 aliphatic carbocycles. The molecule has 0 saturated heterocycles. The molecule has 8 nitrogen and oxygen atoms in total. The lowest BCUT2D eigenvalue weighted by molar-refractivity contribution is -0.383. The monoisotopic (exact) mass is 348 g/mol. The summed E-state index contributed by atoms with van der Waals surface area (Å²) in [5.41, 5.74) is 1.36. The number of nitrogens with one attached hydrogen (secondary N) is 2. The molecule has 2 aromatic rings. The van der Waals surface area contributed by atoms with Crippen LogP contribution in [0.1, 0.15) is 11.8 Å². The number of hydrogen-bond donors (Lipinski definition) is 2. The summed E-state index contributed by atoms with van der Waals surface area (Å²) >= 11 is 2.17. The highest BCUT2D eigenvalue weighted by molar-refractivity contribution is 7.91. The van der Waals surface area contributed by atoms with E-state index in [1.807, 2.05) is 0 Å². The van der Waals surface area contributed by atoms with Gasteiger partial charge in [-0.3, -0.25) is 15.1 Å². The van der Waals surface area contributed by atoms with Gasteiger partial charge in [-0.2, -0.15) is 0 Å². The van der Waals surface area contributed by atoms with E-state index >= 15 is 0 Å². The van der Waals surface area contributed by atoms with Crippen molar-refractivity contribution in [1.82, 2.24) is 9.71 Å². The maximum atomic E-state index is 12.2. The van der Waals surface area contributed by atoms with Gasteiger partial charge in [-0.1, -0.05) is 11.3 Å². The van der Waals surface area contributed by atoms with Gasteiger partial charge in [0.25, 0.3) is 10.0 Å². The highest BCUT2D eigenvalue weighted by Gasteiger charge is 2.25. The zero-order valence-electron chi connectivity index (χ0n) is 10.9. The largest absolute Gasteiger partial charge is 0.372 e. The first-order chi connectivity index (χ1) is 9.94. The molecule has 2 aromatic heterocycles. The third-order valence-corrected chi connectivity index (χ3v) is 6.15. The zero-order valence-corrected chi connectivity index (χ0v) is 13.3. The third kappa shape index (κ3) is 3.75. The van der Waals surface area contributed by atoms with Crippen molar-refractivity contribution < 1.29 is 13.3 Å². The van der Waals surface area contributed by atoms with Crippen molar-refractivity contribution in [2.24, 2.45) is 0 Å². The van der Waals surface area contributed by atoms with Gasteiger partial charge in [-0.05, 0) is 6.92 Å². The lowest BCUT2D eigenvalue weighted by atomic mass is 10.5. The Morgan fingerprint density at radius 2 is 2.24 bits per heavy atom. The van der Waals surface area contributed by atoms with Crippen LogP contribution in [0.3, 0.4) is 0 Å². The van der Waals surface area contributed by atoms with E-state index in [9.17, 15) is 18.5 Å². The van der Waals surface area contributed by atoms with Crippen molar-refractivity contribution in [1.29, 1.82) is 0 Å². The molecule has 0 radical (unpaired) electrons. The maximum Gasteiger partial charge on any atom is 0.304 e. The molecule has 2 rings (SSSR count). The molecular weight excluding hydrogens is 336 g/mol. The molecule has 2 N–H and O–H groups in total. The van der Waals surface area contributed by atoms with E-state index in [1.54, 1.807) is 18.6 Å². The molecule has 2 heterocycles. The molecule has 0 unspecified atom stereocenters. The van der Waals surface area contributed by atoms with Crippen LogP contribution in [0.5, 0.6) is 0 Å². The Balaban J connectivity index is 2.23. The highest BCUT2D eigenvalue weighted by Crippen LogP contribution is 2.36. The van der Waals surface area contributed by atoms with E-state index in [-0.39, 0.29) is 21.4 Å². The zero-order chi connectivity index (χ0) is 15.5. The predicted molar refractivity (Wildman–Crippen MR) is 81.3 cm³/mol.